The van der Waals surface area contributed by atoms with Gasteiger partial charge in [0.1, 0.15) is 5.76 Å². The number of aryl methyl sites for hydroxylation is 1. The van der Waals surface area contributed by atoms with Crippen LogP contribution in [0.2, 0.25) is 0 Å². The molecule has 0 aliphatic heterocycles. The summed E-state index contributed by atoms with van der Waals surface area (Å²) < 4.78 is 24.3. The van der Waals surface area contributed by atoms with Gasteiger partial charge in [-0.05, 0) is 42.0 Å². The van der Waals surface area contributed by atoms with Crippen molar-refractivity contribution in [3.8, 4) is 0 Å². The van der Waals surface area contributed by atoms with Crippen LogP contribution in [-0.2, 0) is 8.87 Å². The van der Waals surface area contributed by atoms with Gasteiger partial charge in [0.25, 0.3) is 0 Å². The van der Waals surface area contributed by atoms with E-state index in [0.29, 0.717) is 16.4 Å². The summed E-state index contributed by atoms with van der Waals surface area (Å²) in [6, 6.07) is 6.43. The normalized spacial score (nSPS) is 14.1. The van der Waals surface area contributed by atoms with Crippen molar-refractivity contribution in [3.63, 3.8) is 0 Å². The van der Waals surface area contributed by atoms with Gasteiger partial charge < -0.3 is 15.5 Å². The molecule has 1 aromatic carbocycles. The quantitative estimate of drug-likeness (QED) is 0.387. The minimum absolute atomic E-state index is 0.0959. The number of benzene rings is 1. The molecule has 0 saturated carbocycles. The molecule has 122 valence electrons. The SMILES string of the molecule is Cc1ccc(S(=O)(=O)SCC(O)=C2C=CC(=[N+]([O-])[O-])C=C2)cc1. The van der Waals surface area contributed by atoms with Gasteiger partial charge in [-0.25, -0.2) is 8.42 Å². The van der Waals surface area contributed by atoms with Crippen LogP contribution in [-0.4, -0.2) is 29.9 Å². The third kappa shape index (κ3) is 4.40. The highest BCUT2D eigenvalue weighted by Crippen LogP contribution is 2.26. The molecule has 0 spiro atoms. The Morgan fingerprint density at radius 1 is 1.13 bits per heavy atom. The van der Waals surface area contributed by atoms with Crippen LogP contribution in [0.4, 0.5) is 0 Å². The van der Waals surface area contributed by atoms with E-state index in [9.17, 15) is 23.9 Å². The molecule has 0 aromatic heterocycles. The lowest BCUT2D eigenvalue weighted by Crippen LogP contribution is -2.07. The number of allylic oxidation sites excluding steroid dienone is 5. The van der Waals surface area contributed by atoms with Crippen LogP contribution >= 0.6 is 10.8 Å². The van der Waals surface area contributed by atoms with Crippen molar-refractivity contribution < 1.29 is 18.4 Å². The fourth-order valence-electron chi connectivity index (χ4n) is 1.77. The van der Waals surface area contributed by atoms with Gasteiger partial charge in [0, 0.05) is 17.7 Å². The van der Waals surface area contributed by atoms with E-state index in [1.165, 1.54) is 36.4 Å². The average molecular weight is 352 g/mol. The Kier molecular flexibility index (Phi) is 5.17. The molecule has 0 unspecified atom stereocenters. The molecule has 6 nitrogen and oxygen atoms in total. The largest absolute Gasteiger partial charge is 0.612 e. The number of hydrogen-bond acceptors (Lipinski definition) is 6. The molecule has 0 fully saturated rings. The Morgan fingerprint density at radius 2 is 1.70 bits per heavy atom. The van der Waals surface area contributed by atoms with E-state index in [4.69, 9.17) is 0 Å². The standard InChI is InChI=1S/C15H14NO5S2/c1-11-2-8-14(9-3-11)23(20,21)22-10-15(17)12-4-6-13(7-5-12)16(18)19/h2-9H,10H2,1H3,(H-,17,18,19)/q-1. The van der Waals surface area contributed by atoms with E-state index in [1.807, 2.05) is 6.92 Å². The zero-order chi connectivity index (χ0) is 17.0. The lowest BCUT2D eigenvalue weighted by atomic mass is 10.1. The number of rotatable bonds is 4. The van der Waals surface area contributed by atoms with Gasteiger partial charge in [0.05, 0.1) is 10.6 Å². The summed E-state index contributed by atoms with van der Waals surface area (Å²) in [5.41, 5.74) is 1.21. The summed E-state index contributed by atoms with van der Waals surface area (Å²) in [4.78, 5) is -0.373. The Balaban J connectivity index is 2.10. The first-order chi connectivity index (χ1) is 10.8. The fraction of sp³-hybridized carbons (Fsp3) is 0.133. The topological polar surface area (TPSA) is 104 Å². The van der Waals surface area contributed by atoms with E-state index < -0.39 is 13.8 Å². The first-order valence-electron chi connectivity index (χ1n) is 6.55. The Hall–Kier alpha value is -2.19. The van der Waals surface area contributed by atoms with Gasteiger partial charge in [0.15, 0.2) is 0 Å². The number of aliphatic hydroxyl groups excluding tert-OH is 1. The molecule has 0 radical (unpaired) electrons. The second-order valence-electron chi connectivity index (χ2n) is 4.78. The molecule has 0 heterocycles. The lowest BCUT2D eigenvalue weighted by Gasteiger charge is -2.10. The number of nitrogens with zero attached hydrogens (tertiary/aromatic N) is 1. The third-order valence-corrected chi connectivity index (χ3v) is 6.48. The molecule has 1 aromatic rings. The molecule has 1 aliphatic rings. The maximum Gasteiger partial charge on any atom is 0.230 e. The van der Waals surface area contributed by atoms with E-state index in [2.05, 4.69) is 0 Å². The summed E-state index contributed by atoms with van der Waals surface area (Å²) in [7, 11) is -2.97. The van der Waals surface area contributed by atoms with Crippen molar-refractivity contribution in [3.05, 3.63) is 75.9 Å². The highest BCUT2D eigenvalue weighted by Gasteiger charge is 2.17. The molecule has 0 saturated heterocycles. The second-order valence-corrected chi connectivity index (χ2v) is 8.71. The van der Waals surface area contributed by atoms with Gasteiger partial charge in [-0.1, -0.05) is 17.7 Å². The third-order valence-electron chi connectivity index (χ3n) is 3.07. The van der Waals surface area contributed by atoms with Crippen molar-refractivity contribution in [2.75, 3.05) is 5.75 Å². The van der Waals surface area contributed by atoms with Crippen molar-refractivity contribution in [1.29, 1.82) is 0 Å². The van der Waals surface area contributed by atoms with E-state index in [-0.39, 0.29) is 22.1 Å². The van der Waals surface area contributed by atoms with Crippen LogP contribution in [0, 0.1) is 17.3 Å². The zero-order valence-electron chi connectivity index (χ0n) is 12.2. The molecule has 0 amide bonds. The predicted molar refractivity (Wildman–Crippen MR) is 90.8 cm³/mol. The fourth-order valence-corrected chi connectivity index (χ4v) is 4.35. The first kappa shape index (κ1) is 17.2. The Bertz CT molecular complexity index is 796. The van der Waals surface area contributed by atoms with Crippen molar-refractivity contribution in [2.24, 2.45) is 0 Å². The van der Waals surface area contributed by atoms with E-state index in [0.717, 1.165) is 5.56 Å². The summed E-state index contributed by atoms with van der Waals surface area (Å²) >= 11 is 0. The van der Waals surface area contributed by atoms with Crippen molar-refractivity contribution in [2.45, 2.75) is 11.8 Å². The lowest BCUT2D eigenvalue weighted by molar-refractivity contribution is -0.377. The van der Waals surface area contributed by atoms with Crippen LogP contribution in [0.5, 0.6) is 0 Å². The second kappa shape index (κ2) is 6.93. The summed E-state index contributed by atoms with van der Waals surface area (Å²) in [6.45, 7) is 1.86. The van der Waals surface area contributed by atoms with Crippen LogP contribution in [0.15, 0.2) is 64.8 Å². The first-order valence-corrected chi connectivity index (χ1v) is 9.54. The molecular weight excluding hydrogens is 338 g/mol. The monoisotopic (exact) mass is 352 g/mol. The molecule has 23 heavy (non-hydrogen) atoms. The van der Waals surface area contributed by atoms with E-state index in [1.54, 1.807) is 12.1 Å². The summed E-state index contributed by atoms with van der Waals surface area (Å²) in [5, 5.41) is 31.1. The van der Waals surface area contributed by atoms with Crippen LogP contribution in [0.3, 0.4) is 0 Å². The van der Waals surface area contributed by atoms with Crippen molar-refractivity contribution >= 4 is 25.4 Å². The van der Waals surface area contributed by atoms with E-state index >= 15 is 0 Å². The van der Waals surface area contributed by atoms with Gasteiger partial charge in [0.2, 0.25) is 14.6 Å². The summed E-state index contributed by atoms with van der Waals surface area (Å²) in [6.07, 6.45) is 5.27. The minimum Gasteiger partial charge on any atom is -0.612 e. The highest BCUT2D eigenvalue weighted by molar-refractivity contribution is 8.72. The molecular formula is C15H14NO5S2-. The van der Waals surface area contributed by atoms with Gasteiger partial charge in [-0.3, -0.25) is 0 Å². The molecule has 0 bridgehead atoms. The van der Waals surface area contributed by atoms with Crippen LogP contribution in [0.1, 0.15) is 5.56 Å². The Morgan fingerprint density at radius 3 is 2.22 bits per heavy atom. The van der Waals surface area contributed by atoms with Gasteiger partial charge >= 0.3 is 0 Å². The smallest absolute Gasteiger partial charge is 0.230 e. The van der Waals surface area contributed by atoms with Crippen LogP contribution < -0.4 is 0 Å². The van der Waals surface area contributed by atoms with Gasteiger partial charge in [-0.2, -0.15) is 4.90 Å². The van der Waals surface area contributed by atoms with Crippen LogP contribution in [0.25, 0.3) is 0 Å². The van der Waals surface area contributed by atoms with Gasteiger partial charge in [-0.15, -0.1) is 0 Å². The molecule has 1 N–H and O–H groups in total. The maximum absolute atomic E-state index is 12.2. The zero-order valence-corrected chi connectivity index (χ0v) is 13.8. The molecule has 2 rings (SSSR count). The molecule has 1 aliphatic carbocycles. The number of hydrogen-bond donors (Lipinski definition) is 1. The van der Waals surface area contributed by atoms with Crippen molar-refractivity contribution in [1.82, 2.24) is 0 Å². The highest BCUT2D eigenvalue weighted by atomic mass is 33.1. The average Bonchev–Trinajstić information content (AvgIpc) is 2.53. The maximum atomic E-state index is 12.2. The Labute approximate surface area is 137 Å². The summed E-state index contributed by atoms with van der Waals surface area (Å²) in [5.74, 6) is -0.297. The molecule has 0 atom stereocenters. The molecule has 8 heteroatoms. The minimum atomic E-state index is -3.57. The number of aliphatic hydroxyl groups is 1. The predicted octanol–water partition coefficient (Wildman–Crippen LogP) is 2.80.